The first-order valence-electron chi connectivity index (χ1n) is 9.69. The van der Waals surface area contributed by atoms with E-state index in [4.69, 9.17) is 4.74 Å². The molecule has 0 saturated carbocycles. The van der Waals surface area contributed by atoms with Crippen molar-refractivity contribution in [2.75, 3.05) is 6.61 Å². The number of nitrogens with one attached hydrogen (secondary N) is 1. The quantitative estimate of drug-likeness (QED) is 0.416. The Bertz CT molecular complexity index is 1070. The number of hydrogen-bond donors (Lipinski definition) is 1. The number of pyridine rings is 1. The molecule has 0 aliphatic carbocycles. The first-order chi connectivity index (χ1) is 14.5. The summed E-state index contributed by atoms with van der Waals surface area (Å²) in [5, 5.41) is 0. The van der Waals surface area contributed by atoms with E-state index in [1.165, 1.54) is 18.2 Å². The van der Waals surface area contributed by atoms with Crippen molar-refractivity contribution < 1.29 is 17.9 Å². The van der Waals surface area contributed by atoms with Gasteiger partial charge in [0.05, 0.1) is 17.1 Å². The summed E-state index contributed by atoms with van der Waals surface area (Å²) in [6.07, 6.45) is 4.89. The van der Waals surface area contributed by atoms with Crippen LogP contribution in [0.3, 0.4) is 0 Å². The highest BCUT2D eigenvalue weighted by molar-refractivity contribution is 7.89. The molecule has 1 aromatic heterocycles. The molecule has 1 unspecified atom stereocenters. The Kier molecular flexibility index (Phi) is 7.32. The molecule has 0 saturated heterocycles. The van der Waals surface area contributed by atoms with Crippen LogP contribution in [0.1, 0.15) is 40.9 Å². The topological polar surface area (TPSA) is 85.4 Å². The summed E-state index contributed by atoms with van der Waals surface area (Å²) in [5.74, 6) is -0.547. The highest BCUT2D eigenvalue weighted by Crippen LogP contribution is 2.18. The first-order valence-corrected chi connectivity index (χ1v) is 11.2. The van der Waals surface area contributed by atoms with Crippen molar-refractivity contribution in [1.29, 1.82) is 0 Å². The predicted octanol–water partition coefficient (Wildman–Crippen LogP) is 3.91. The molecule has 156 valence electrons. The Hall–Kier alpha value is -3.03. The molecule has 0 spiro atoms. The van der Waals surface area contributed by atoms with Crippen LogP contribution in [0.5, 0.6) is 0 Å². The zero-order chi connectivity index (χ0) is 21.4. The molecule has 1 heterocycles. The van der Waals surface area contributed by atoms with Gasteiger partial charge in [-0.1, -0.05) is 42.5 Å². The van der Waals surface area contributed by atoms with Crippen molar-refractivity contribution in [2.45, 2.75) is 30.7 Å². The minimum Gasteiger partial charge on any atom is -0.462 e. The molecule has 0 aliphatic rings. The number of aryl methyl sites for hydroxylation is 1. The zero-order valence-corrected chi connectivity index (χ0v) is 17.5. The smallest absolute Gasteiger partial charge is 0.338 e. The van der Waals surface area contributed by atoms with Gasteiger partial charge in [0.25, 0.3) is 0 Å². The summed E-state index contributed by atoms with van der Waals surface area (Å²) < 4.78 is 33.4. The molecular weight excluding hydrogens is 400 g/mol. The summed E-state index contributed by atoms with van der Waals surface area (Å²) in [4.78, 5) is 16.4. The Balaban J connectivity index is 1.59. The highest BCUT2D eigenvalue weighted by Gasteiger charge is 2.20. The normalized spacial score (nSPS) is 12.3. The highest BCUT2D eigenvalue weighted by atomic mass is 32.2. The van der Waals surface area contributed by atoms with Crippen molar-refractivity contribution in [2.24, 2.45) is 0 Å². The Morgan fingerprint density at radius 3 is 2.60 bits per heavy atom. The van der Waals surface area contributed by atoms with Gasteiger partial charge in [0.1, 0.15) is 0 Å². The minimum atomic E-state index is -3.79. The van der Waals surface area contributed by atoms with Crippen LogP contribution >= 0.6 is 0 Å². The van der Waals surface area contributed by atoms with E-state index in [2.05, 4.69) is 9.71 Å². The standard InChI is InChI=1S/C23H24N2O4S/c1-18(20-10-3-2-4-11-20)25-30(27,28)22-13-5-12-21(16-22)23(26)29-15-7-9-19-8-6-14-24-17-19/h2-6,8,10-14,16-18,25H,7,9,15H2,1H3. The van der Waals surface area contributed by atoms with E-state index in [0.717, 1.165) is 17.5 Å². The fourth-order valence-corrected chi connectivity index (χ4v) is 4.25. The summed E-state index contributed by atoms with van der Waals surface area (Å²) >= 11 is 0. The van der Waals surface area contributed by atoms with E-state index in [1.54, 1.807) is 25.4 Å². The number of esters is 1. The van der Waals surface area contributed by atoms with E-state index in [9.17, 15) is 13.2 Å². The maximum atomic E-state index is 12.7. The third-order valence-electron chi connectivity index (χ3n) is 4.58. The van der Waals surface area contributed by atoms with Gasteiger partial charge in [-0.25, -0.2) is 17.9 Å². The van der Waals surface area contributed by atoms with Crippen molar-refractivity contribution in [1.82, 2.24) is 9.71 Å². The van der Waals surface area contributed by atoms with Crippen molar-refractivity contribution in [3.05, 3.63) is 95.8 Å². The van der Waals surface area contributed by atoms with Crippen molar-refractivity contribution in [3.8, 4) is 0 Å². The van der Waals surface area contributed by atoms with Gasteiger partial charge in [-0.05, 0) is 55.2 Å². The molecule has 0 amide bonds. The van der Waals surface area contributed by atoms with E-state index in [1.807, 2.05) is 42.5 Å². The second kappa shape index (κ2) is 10.1. The molecule has 6 nitrogen and oxygen atoms in total. The van der Waals surface area contributed by atoms with E-state index in [0.29, 0.717) is 6.42 Å². The molecule has 0 bridgehead atoms. The molecule has 1 N–H and O–H groups in total. The average molecular weight is 425 g/mol. The van der Waals surface area contributed by atoms with E-state index in [-0.39, 0.29) is 17.1 Å². The summed E-state index contributed by atoms with van der Waals surface area (Å²) in [6.45, 7) is 2.02. The number of carbonyl (C=O) groups excluding carboxylic acids is 1. The second-order valence-corrected chi connectivity index (χ2v) is 8.60. The molecule has 2 aromatic carbocycles. The monoisotopic (exact) mass is 424 g/mol. The molecule has 1 atom stereocenters. The van der Waals surface area contributed by atoms with Gasteiger partial charge >= 0.3 is 5.97 Å². The summed E-state index contributed by atoms with van der Waals surface area (Å²) in [6, 6.07) is 18.6. The fraction of sp³-hybridized carbons (Fsp3) is 0.217. The zero-order valence-electron chi connectivity index (χ0n) is 16.7. The van der Waals surface area contributed by atoms with Gasteiger partial charge in [0.2, 0.25) is 10.0 Å². The van der Waals surface area contributed by atoms with Gasteiger partial charge in [-0.2, -0.15) is 0 Å². The average Bonchev–Trinajstić information content (AvgIpc) is 2.77. The number of rotatable bonds is 9. The fourth-order valence-electron chi connectivity index (χ4n) is 2.97. The lowest BCUT2D eigenvalue weighted by Crippen LogP contribution is -2.27. The van der Waals surface area contributed by atoms with Crippen LogP contribution < -0.4 is 4.72 Å². The van der Waals surface area contributed by atoms with Crippen LogP contribution in [0.4, 0.5) is 0 Å². The second-order valence-electron chi connectivity index (χ2n) is 6.88. The van der Waals surface area contributed by atoms with Crippen LogP contribution in [-0.2, 0) is 21.2 Å². The number of sulfonamides is 1. The Morgan fingerprint density at radius 2 is 1.87 bits per heavy atom. The van der Waals surface area contributed by atoms with Crippen LogP contribution in [-0.4, -0.2) is 26.0 Å². The molecule has 3 rings (SSSR count). The van der Waals surface area contributed by atoms with Crippen LogP contribution in [0.2, 0.25) is 0 Å². The lowest BCUT2D eigenvalue weighted by molar-refractivity contribution is 0.0500. The van der Waals surface area contributed by atoms with Gasteiger partial charge < -0.3 is 4.74 Å². The minimum absolute atomic E-state index is 0.0232. The lowest BCUT2D eigenvalue weighted by atomic mass is 10.1. The van der Waals surface area contributed by atoms with Crippen LogP contribution in [0.15, 0.2) is 84.0 Å². The maximum absolute atomic E-state index is 12.7. The van der Waals surface area contributed by atoms with Gasteiger partial charge in [-0.3, -0.25) is 4.98 Å². The third kappa shape index (κ3) is 5.98. The van der Waals surface area contributed by atoms with Crippen LogP contribution in [0, 0.1) is 0 Å². The third-order valence-corrected chi connectivity index (χ3v) is 6.12. The van der Waals surface area contributed by atoms with E-state index < -0.39 is 22.0 Å². The molecule has 0 fully saturated rings. The molecule has 7 heteroatoms. The van der Waals surface area contributed by atoms with Gasteiger partial charge in [0, 0.05) is 18.4 Å². The molecule has 0 radical (unpaired) electrons. The Labute approximate surface area is 177 Å². The van der Waals surface area contributed by atoms with Crippen molar-refractivity contribution >= 4 is 16.0 Å². The van der Waals surface area contributed by atoms with E-state index >= 15 is 0 Å². The number of carbonyl (C=O) groups is 1. The number of nitrogens with zero attached hydrogens (tertiary/aromatic N) is 1. The number of aromatic nitrogens is 1. The molecule has 0 aliphatic heterocycles. The Morgan fingerprint density at radius 1 is 1.07 bits per heavy atom. The first kappa shape index (κ1) is 21.7. The lowest BCUT2D eigenvalue weighted by Gasteiger charge is -2.15. The summed E-state index contributed by atoms with van der Waals surface area (Å²) in [7, 11) is -3.79. The summed E-state index contributed by atoms with van der Waals surface area (Å²) in [5.41, 5.74) is 2.12. The number of benzene rings is 2. The van der Waals surface area contributed by atoms with Gasteiger partial charge in [0.15, 0.2) is 0 Å². The van der Waals surface area contributed by atoms with Gasteiger partial charge in [-0.15, -0.1) is 0 Å². The van der Waals surface area contributed by atoms with Crippen molar-refractivity contribution in [3.63, 3.8) is 0 Å². The van der Waals surface area contributed by atoms with Crippen LogP contribution in [0.25, 0.3) is 0 Å². The number of hydrogen-bond acceptors (Lipinski definition) is 5. The molecular formula is C23H24N2O4S. The predicted molar refractivity (Wildman–Crippen MR) is 114 cm³/mol. The maximum Gasteiger partial charge on any atom is 0.338 e. The number of ether oxygens (including phenoxy) is 1. The molecule has 3 aromatic rings. The molecule has 30 heavy (non-hydrogen) atoms. The SMILES string of the molecule is CC(NS(=O)(=O)c1cccc(C(=O)OCCCc2cccnc2)c1)c1ccccc1. The largest absolute Gasteiger partial charge is 0.462 e.